The zero-order chi connectivity index (χ0) is 12.5. The molecule has 1 aliphatic heterocycles. The summed E-state index contributed by atoms with van der Waals surface area (Å²) in [5.41, 5.74) is 9.55. The van der Waals surface area contributed by atoms with Gasteiger partial charge >= 0.3 is 0 Å². The van der Waals surface area contributed by atoms with E-state index in [4.69, 9.17) is 5.73 Å². The fourth-order valence-electron chi connectivity index (χ4n) is 2.47. The molecule has 0 atom stereocenters. The molecule has 1 aliphatic rings. The Morgan fingerprint density at radius 2 is 2.22 bits per heavy atom. The summed E-state index contributed by atoms with van der Waals surface area (Å²) in [6.45, 7) is 2.92. The van der Waals surface area contributed by atoms with Gasteiger partial charge in [0.05, 0.1) is 0 Å². The van der Waals surface area contributed by atoms with Gasteiger partial charge in [0.2, 0.25) is 0 Å². The van der Waals surface area contributed by atoms with Crippen molar-refractivity contribution < 1.29 is 0 Å². The van der Waals surface area contributed by atoms with Crippen LogP contribution >= 0.6 is 0 Å². The number of nitrogen functional groups attached to an aromatic ring is 1. The third-order valence-corrected chi connectivity index (χ3v) is 3.54. The minimum atomic E-state index is 0.911. The van der Waals surface area contributed by atoms with Crippen LogP contribution in [0.3, 0.4) is 0 Å². The van der Waals surface area contributed by atoms with E-state index >= 15 is 0 Å². The van der Waals surface area contributed by atoms with Crippen molar-refractivity contribution in [2.45, 2.75) is 19.5 Å². The maximum absolute atomic E-state index is 6.00. The van der Waals surface area contributed by atoms with Crippen molar-refractivity contribution in [1.82, 2.24) is 19.7 Å². The summed E-state index contributed by atoms with van der Waals surface area (Å²) in [5.74, 6) is 1.03. The first kappa shape index (κ1) is 11.2. The molecule has 0 fully saturated rings. The van der Waals surface area contributed by atoms with Crippen molar-refractivity contribution in [3.63, 3.8) is 0 Å². The van der Waals surface area contributed by atoms with E-state index in [0.717, 1.165) is 37.6 Å². The van der Waals surface area contributed by atoms with Crippen LogP contribution in [0.4, 0.5) is 5.69 Å². The molecule has 0 unspecified atom stereocenters. The van der Waals surface area contributed by atoms with E-state index < -0.39 is 0 Å². The number of nitrogens with two attached hydrogens (primary N) is 1. The number of benzene rings is 1. The normalized spacial score (nSPS) is 14.9. The summed E-state index contributed by atoms with van der Waals surface area (Å²) in [6, 6.07) is 6.17. The Balaban J connectivity index is 1.65. The second-order valence-corrected chi connectivity index (χ2v) is 4.80. The lowest BCUT2D eigenvalue weighted by Crippen LogP contribution is -2.20. The lowest BCUT2D eigenvalue weighted by atomic mass is 10.1. The van der Waals surface area contributed by atoms with Crippen molar-refractivity contribution in [3.05, 3.63) is 41.5 Å². The molecule has 0 bridgehead atoms. The molecule has 2 aromatic rings. The first-order valence-electron chi connectivity index (χ1n) is 6.15. The maximum Gasteiger partial charge on any atom is 0.133 e. The molecule has 0 amide bonds. The van der Waals surface area contributed by atoms with Gasteiger partial charge in [-0.05, 0) is 17.2 Å². The molecule has 2 heterocycles. The summed E-state index contributed by atoms with van der Waals surface area (Å²) >= 11 is 0. The van der Waals surface area contributed by atoms with Crippen LogP contribution in [0.2, 0.25) is 0 Å². The largest absolute Gasteiger partial charge is 0.398 e. The molecule has 0 saturated heterocycles. The molecule has 3 rings (SSSR count). The number of anilines is 1. The Morgan fingerprint density at radius 1 is 1.33 bits per heavy atom. The van der Waals surface area contributed by atoms with E-state index in [-0.39, 0.29) is 0 Å². The number of aromatic nitrogens is 3. The van der Waals surface area contributed by atoms with Crippen molar-refractivity contribution >= 4 is 5.69 Å². The second-order valence-electron chi connectivity index (χ2n) is 4.80. The standard InChI is InChI=1S/C13H17N5/c1-17-9-15-16-13(17)5-6-18-7-10-3-2-4-12(14)11(10)8-18/h2-4,9H,5-8,14H2,1H3. The molecule has 5 nitrogen and oxygen atoms in total. The molecule has 0 radical (unpaired) electrons. The van der Waals surface area contributed by atoms with Crippen LogP contribution in [0.5, 0.6) is 0 Å². The minimum absolute atomic E-state index is 0.911. The third-order valence-electron chi connectivity index (χ3n) is 3.54. The number of aryl methyl sites for hydroxylation is 1. The summed E-state index contributed by atoms with van der Waals surface area (Å²) in [6.07, 6.45) is 2.66. The SMILES string of the molecule is Cn1cnnc1CCN1Cc2cccc(N)c2C1. The minimum Gasteiger partial charge on any atom is -0.398 e. The van der Waals surface area contributed by atoms with E-state index in [0.29, 0.717) is 0 Å². The van der Waals surface area contributed by atoms with Crippen LogP contribution < -0.4 is 5.73 Å². The number of hydrogen-bond acceptors (Lipinski definition) is 4. The summed E-state index contributed by atoms with van der Waals surface area (Å²) in [4.78, 5) is 2.40. The zero-order valence-corrected chi connectivity index (χ0v) is 10.5. The number of nitrogens with zero attached hydrogens (tertiary/aromatic N) is 4. The average molecular weight is 243 g/mol. The van der Waals surface area contributed by atoms with Crippen molar-refractivity contribution in [2.75, 3.05) is 12.3 Å². The highest BCUT2D eigenvalue weighted by atomic mass is 15.3. The van der Waals surface area contributed by atoms with Gasteiger partial charge in [-0.1, -0.05) is 12.1 Å². The van der Waals surface area contributed by atoms with E-state index in [1.807, 2.05) is 23.7 Å². The smallest absolute Gasteiger partial charge is 0.133 e. The van der Waals surface area contributed by atoms with Crippen molar-refractivity contribution in [3.8, 4) is 0 Å². The third kappa shape index (κ3) is 1.97. The Kier molecular flexibility index (Phi) is 2.76. The van der Waals surface area contributed by atoms with Crippen LogP contribution in [-0.2, 0) is 26.6 Å². The molecule has 0 spiro atoms. The topological polar surface area (TPSA) is 60.0 Å². The molecular weight excluding hydrogens is 226 g/mol. The first-order valence-corrected chi connectivity index (χ1v) is 6.15. The number of rotatable bonds is 3. The number of fused-ring (bicyclic) bond motifs is 1. The highest BCUT2D eigenvalue weighted by molar-refractivity contribution is 5.52. The second kappa shape index (κ2) is 4.42. The lowest BCUT2D eigenvalue weighted by molar-refractivity contribution is 0.285. The highest BCUT2D eigenvalue weighted by Gasteiger charge is 2.20. The van der Waals surface area contributed by atoms with E-state index in [2.05, 4.69) is 21.2 Å². The zero-order valence-electron chi connectivity index (χ0n) is 10.5. The van der Waals surface area contributed by atoms with Gasteiger partial charge in [0.15, 0.2) is 0 Å². The highest BCUT2D eigenvalue weighted by Crippen LogP contribution is 2.27. The van der Waals surface area contributed by atoms with Crippen molar-refractivity contribution in [1.29, 1.82) is 0 Å². The molecular formula is C13H17N5. The van der Waals surface area contributed by atoms with Crippen LogP contribution in [0.15, 0.2) is 24.5 Å². The van der Waals surface area contributed by atoms with Gasteiger partial charge in [-0.25, -0.2) is 0 Å². The van der Waals surface area contributed by atoms with Gasteiger partial charge in [-0.2, -0.15) is 0 Å². The van der Waals surface area contributed by atoms with E-state index in [9.17, 15) is 0 Å². The quantitative estimate of drug-likeness (QED) is 0.816. The molecule has 2 N–H and O–H groups in total. The molecule has 0 aliphatic carbocycles. The van der Waals surface area contributed by atoms with Gasteiger partial charge in [0.1, 0.15) is 12.2 Å². The van der Waals surface area contributed by atoms with Crippen molar-refractivity contribution in [2.24, 2.45) is 7.05 Å². The molecule has 18 heavy (non-hydrogen) atoms. The summed E-state index contributed by atoms with van der Waals surface area (Å²) < 4.78 is 1.97. The van der Waals surface area contributed by atoms with Gasteiger partial charge < -0.3 is 10.3 Å². The maximum atomic E-state index is 6.00. The summed E-state index contributed by atoms with van der Waals surface area (Å²) in [5, 5.41) is 8.00. The predicted molar refractivity (Wildman–Crippen MR) is 69.7 cm³/mol. The van der Waals surface area contributed by atoms with Gasteiger partial charge in [0, 0.05) is 38.8 Å². The van der Waals surface area contributed by atoms with Gasteiger partial charge in [-0.3, -0.25) is 4.90 Å². The average Bonchev–Trinajstić information content (AvgIpc) is 2.93. The lowest BCUT2D eigenvalue weighted by Gasteiger charge is -2.13. The van der Waals surface area contributed by atoms with Gasteiger partial charge in [0.25, 0.3) is 0 Å². The fourth-order valence-corrected chi connectivity index (χ4v) is 2.47. The molecule has 1 aromatic heterocycles. The molecule has 94 valence electrons. The molecule has 5 heteroatoms. The van der Waals surface area contributed by atoms with Crippen LogP contribution in [0, 0.1) is 0 Å². The fraction of sp³-hybridized carbons (Fsp3) is 0.385. The van der Waals surface area contributed by atoms with Gasteiger partial charge in [-0.15, -0.1) is 10.2 Å². The Labute approximate surface area is 106 Å². The Bertz CT molecular complexity index is 560. The Hall–Kier alpha value is -1.88. The molecule has 0 saturated carbocycles. The Morgan fingerprint density at radius 3 is 2.94 bits per heavy atom. The monoisotopic (exact) mass is 243 g/mol. The number of hydrogen-bond donors (Lipinski definition) is 1. The summed E-state index contributed by atoms with van der Waals surface area (Å²) in [7, 11) is 1.98. The van der Waals surface area contributed by atoms with Crippen LogP contribution in [0.1, 0.15) is 17.0 Å². The first-order chi connectivity index (χ1) is 8.74. The van der Waals surface area contributed by atoms with E-state index in [1.54, 1.807) is 6.33 Å². The van der Waals surface area contributed by atoms with Crippen LogP contribution in [-0.4, -0.2) is 26.2 Å². The molecule has 1 aromatic carbocycles. The predicted octanol–water partition coefficient (Wildman–Crippen LogP) is 0.956. The van der Waals surface area contributed by atoms with E-state index in [1.165, 1.54) is 11.1 Å². The van der Waals surface area contributed by atoms with Crippen LogP contribution in [0.25, 0.3) is 0 Å².